The molecule has 0 spiro atoms. The molecule has 3 rings (SSSR count). The number of hydrogen-bond donors (Lipinski definition) is 0. The minimum Gasteiger partial charge on any atom is -0.268 e. The molecule has 3 aromatic carbocycles. The van der Waals surface area contributed by atoms with Crippen LogP contribution in [0.25, 0.3) is 0 Å². The third kappa shape index (κ3) is 3.81. The molecule has 0 aliphatic heterocycles. The Morgan fingerprint density at radius 1 is 0.885 bits per heavy atom. The summed E-state index contributed by atoms with van der Waals surface area (Å²) in [7, 11) is -4.05. The highest BCUT2D eigenvalue weighted by Gasteiger charge is 2.31. The standard InChI is InChI=1S/C20H16INO3S/c1-15-10-12-19(13-11-15)26(24,25)22(18-8-3-2-4-9-18)20(23)16-6-5-7-17(21)14-16/h2-14H,1H3. The summed E-state index contributed by atoms with van der Waals surface area (Å²) in [6, 6.07) is 21.7. The molecular weight excluding hydrogens is 461 g/mol. The van der Waals surface area contributed by atoms with E-state index >= 15 is 0 Å². The molecule has 26 heavy (non-hydrogen) atoms. The van der Waals surface area contributed by atoms with E-state index in [0.29, 0.717) is 11.3 Å². The quantitative estimate of drug-likeness (QED) is 0.515. The lowest BCUT2D eigenvalue weighted by molar-refractivity contribution is 0.101. The Morgan fingerprint density at radius 2 is 1.54 bits per heavy atom. The Bertz CT molecular complexity index is 1030. The Morgan fingerprint density at radius 3 is 2.15 bits per heavy atom. The van der Waals surface area contributed by atoms with E-state index in [-0.39, 0.29) is 4.90 Å². The predicted octanol–water partition coefficient (Wildman–Crippen LogP) is 4.64. The zero-order valence-corrected chi connectivity index (χ0v) is 16.9. The molecule has 132 valence electrons. The third-order valence-electron chi connectivity index (χ3n) is 3.81. The number of hydrogen-bond acceptors (Lipinski definition) is 3. The number of rotatable bonds is 4. The summed E-state index contributed by atoms with van der Waals surface area (Å²) in [4.78, 5) is 13.2. The van der Waals surface area contributed by atoms with Crippen molar-refractivity contribution in [3.63, 3.8) is 0 Å². The van der Waals surface area contributed by atoms with Crippen LogP contribution >= 0.6 is 22.6 Å². The van der Waals surface area contributed by atoms with Crippen LogP contribution in [0.4, 0.5) is 5.69 Å². The van der Waals surface area contributed by atoms with Gasteiger partial charge < -0.3 is 0 Å². The van der Waals surface area contributed by atoms with Gasteiger partial charge in [0.15, 0.2) is 0 Å². The van der Waals surface area contributed by atoms with Crippen LogP contribution in [0.2, 0.25) is 0 Å². The van der Waals surface area contributed by atoms with Crippen molar-refractivity contribution in [1.82, 2.24) is 0 Å². The van der Waals surface area contributed by atoms with Crippen LogP contribution in [0.3, 0.4) is 0 Å². The number of carbonyl (C=O) groups is 1. The number of anilines is 1. The van der Waals surface area contributed by atoms with Gasteiger partial charge in [-0.15, -0.1) is 0 Å². The van der Waals surface area contributed by atoms with E-state index in [1.807, 2.05) is 13.0 Å². The Balaban J connectivity index is 2.15. The van der Waals surface area contributed by atoms with Crippen molar-refractivity contribution in [2.75, 3.05) is 4.31 Å². The van der Waals surface area contributed by atoms with Crippen LogP contribution in [-0.4, -0.2) is 14.3 Å². The van der Waals surface area contributed by atoms with Gasteiger partial charge in [-0.1, -0.05) is 42.0 Å². The minimum atomic E-state index is -4.05. The molecule has 0 aliphatic carbocycles. The van der Waals surface area contributed by atoms with Crippen molar-refractivity contribution >= 4 is 44.2 Å². The van der Waals surface area contributed by atoms with Crippen LogP contribution in [0.1, 0.15) is 15.9 Å². The monoisotopic (exact) mass is 477 g/mol. The maximum Gasteiger partial charge on any atom is 0.272 e. The Hall–Kier alpha value is -2.19. The number of para-hydroxylation sites is 1. The lowest BCUT2D eigenvalue weighted by atomic mass is 10.2. The van der Waals surface area contributed by atoms with Gasteiger partial charge in [-0.05, 0) is 72.0 Å². The first-order valence-electron chi connectivity index (χ1n) is 7.86. The van der Waals surface area contributed by atoms with E-state index in [2.05, 4.69) is 22.6 Å². The first-order chi connectivity index (χ1) is 12.4. The van der Waals surface area contributed by atoms with E-state index in [1.54, 1.807) is 60.7 Å². The van der Waals surface area contributed by atoms with Gasteiger partial charge in [0.1, 0.15) is 0 Å². The lowest BCUT2D eigenvalue weighted by Crippen LogP contribution is -2.37. The number of amides is 1. The Kier molecular flexibility index (Phi) is 5.43. The number of nitrogens with zero attached hydrogens (tertiary/aromatic N) is 1. The average Bonchev–Trinajstić information content (AvgIpc) is 2.63. The highest BCUT2D eigenvalue weighted by atomic mass is 127. The van der Waals surface area contributed by atoms with Crippen molar-refractivity contribution in [2.24, 2.45) is 0 Å². The third-order valence-corrected chi connectivity index (χ3v) is 6.20. The first kappa shape index (κ1) is 18.6. The fourth-order valence-electron chi connectivity index (χ4n) is 2.48. The normalized spacial score (nSPS) is 11.2. The van der Waals surface area contributed by atoms with Crippen molar-refractivity contribution in [3.05, 3.63) is 93.6 Å². The number of aryl methyl sites for hydroxylation is 1. The summed E-state index contributed by atoms with van der Waals surface area (Å²) in [6.45, 7) is 1.88. The zero-order chi connectivity index (χ0) is 18.7. The Labute approximate surface area is 166 Å². The molecule has 0 fully saturated rings. The molecule has 0 saturated heterocycles. The average molecular weight is 477 g/mol. The fourth-order valence-corrected chi connectivity index (χ4v) is 4.44. The molecule has 0 bridgehead atoms. The van der Waals surface area contributed by atoms with E-state index in [1.165, 1.54) is 12.1 Å². The molecule has 6 heteroatoms. The summed E-state index contributed by atoms with van der Waals surface area (Å²) in [5.74, 6) is -0.588. The van der Waals surface area contributed by atoms with Crippen LogP contribution < -0.4 is 4.31 Å². The summed E-state index contributed by atoms with van der Waals surface area (Å²) >= 11 is 2.09. The highest BCUT2D eigenvalue weighted by Crippen LogP contribution is 2.26. The molecule has 4 nitrogen and oxygen atoms in total. The van der Waals surface area contributed by atoms with Crippen LogP contribution in [0, 0.1) is 10.5 Å². The topological polar surface area (TPSA) is 54.5 Å². The van der Waals surface area contributed by atoms with Crippen molar-refractivity contribution in [1.29, 1.82) is 0 Å². The molecule has 0 radical (unpaired) electrons. The SMILES string of the molecule is Cc1ccc(S(=O)(=O)N(C(=O)c2cccc(I)c2)c2ccccc2)cc1. The number of benzene rings is 3. The second-order valence-corrected chi connectivity index (χ2v) is 8.77. The number of carbonyl (C=O) groups excluding carboxylic acids is 1. The fraction of sp³-hybridized carbons (Fsp3) is 0.0500. The summed E-state index contributed by atoms with van der Waals surface area (Å²) in [5, 5.41) is 0. The second-order valence-electron chi connectivity index (χ2n) is 5.73. The maximum absolute atomic E-state index is 13.2. The molecular formula is C20H16INO3S. The molecule has 0 aromatic heterocycles. The summed E-state index contributed by atoms with van der Waals surface area (Å²) < 4.78 is 28.2. The van der Waals surface area contributed by atoms with E-state index in [9.17, 15) is 13.2 Å². The minimum absolute atomic E-state index is 0.0749. The maximum atomic E-state index is 13.2. The summed E-state index contributed by atoms with van der Waals surface area (Å²) in [6.07, 6.45) is 0. The zero-order valence-electron chi connectivity index (χ0n) is 14.0. The van der Waals surface area contributed by atoms with Gasteiger partial charge in [-0.25, -0.2) is 8.42 Å². The molecule has 0 heterocycles. The van der Waals surface area contributed by atoms with Crippen molar-refractivity contribution in [3.8, 4) is 0 Å². The predicted molar refractivity (Wildman–Crippen MR) is 111 cm³/mol. The first-order valence-corrected chi connectivity index (χ1v) is 10.4. The highest BCUT2D eigenvalue weighted by molar-refractivity contribution is 14.1. The smallest absolute Gasteiger partial charge is 0.268 e. The largest absolute Gasteiger partial charge is 0.272 e. The van der Waals surface area contributed by atoms with E-state index < -0.39 is 15.9 Å². The van der Waals surface area contributed by atoms with Crippen molar-refractivity contribution in [2.45, 2.75) is 11.8 Å². The molecule has 1 amide bonds. The van der Waals surface area contributed by atoms with Crippen LogP contribution in [0.5, 0.6) is 0 Å². The van der Waals surface area contributed by atoms with Gasteiger partial charge in [0.2, 0.25) is 0 Å². The van der Waals surface area contributed by atoms with Gasteiger partial charge >= 0.3 is 0 Å². The summed E-state index contributed by atoms with van der Waals surface area (Å²) in [5.41, 5.74) is 1.56. The van der Waals surface area contributed by atoms with Gasteiger partial charge in [0.05, 0.1) is 10.6 Å². The van der Waals surface area contributed by atoms with E-state index in [0.717, 1.165) is 13.4 Å². The lowest BCUT2D eigenvalue weighted by Gasteiger charge is -2.23. The van der Waals surface area contributed by atoms with E-state index in [4.69, 9.17) is 0 Å². The van der Waals surface area contributed by atoms with Crippen molar-refractivity contribution < 1.29 is 13.2 Å². The molecule has 0 N–H and O–H groups in total. The second kappa shape index (κ2) is 7.59. The number of halogens is 1. The van der Waals surface area contributed by atoms with Crippen LogP contribution in [-0.2, 0) is 10.0 Å². The number of sulfonamides is 1. The van der Waals surface area contributed by atoms with Crippen LogP contribution in [0.15, 0.2) is 83.8 Å². The van der Waals surface area contributed by atoms with Gasteiger partial charge in [-0.3, -0.25) is 4.79 Å². The van der Waals surface area contributed by atoms with Gasteiger partial charge in [0, 0.05) is 9.13 Å². The molecule has 3 aromatic rings. The van der Waals surface area contributed by atoms with Gasteiger partial charge in [0.25, 0.3) is 15.9 Å². The van der Waals surface area contributed by atoms with Gasteiger partial charge in [-0.2, -0.15) is 4.31 Å². The molecule has 0 atom stereocenters. The molecule has 0 aliphatic rings. The molecule has 0 saturated carbocycles. The molecule has 0 unspecified atom stereocenters.